The van der Waals surface area contributed by atoms with Gasteiger partial charge in [0.2, 0.25) is 0 Å². The smallest absolute Gasteiger partial charge is 0.383 e. The second-order valence-corrected chi connectivity index (χ2v) is 4.34. The van der Waals surface area contributed by atoms with Crippen molar-refractivity contribution in [3.63, 3.8) is 0 Å². The Morgan fingerprint density at radius 1 is 1.43 bits per heavy atom. The molecule has 0 saturated carbocycles. The lowest BCUT2D eigenvalue weighted by molar-refractivity contribution is -0.163. The first-order valence-electron chi connectivity index (χ1n) is 5.81. The molecule has 0 radical (unpaired) electrons. The third kappa shape index (κ3) is 2.91. The summed E-state index contributed by atoms with van der Waals surface area (Å²) in [5, 5.41) is 4.10. The summed E-state index contributed by atoms with van der Waals surface area (Å²) in [6.07, 6.45) is -4.83. The lowest BCUT2D eigenvalue weighted by atomic mass is 10.2. The molecule has 1 heterocycles. The zero-order valence-corrected chi connectivity index (χ0v) is 10.6. The van der Waals surface area contributed by atoms with Crippen LogP contribution in [0.1, 0.15) is 6.92 Å². The van der Waals surface area contributed by atoms with E-state index in [1.54, 1.807) is 5.32 Å². The summed E-state index contributed by atoms with van der Waals surface area (Å²) < 4.78 is 55.0. The maximum Gasteiger partial charge on any atom is 0.383 e. The Kier molecular flexibility index (Phi) is 3.75. The average molecular weight is 306 g/mol. The number of benzene rings is 1. The number of carbonyl (C=O) groups excluding carboxylic acids is 2. The van der Waals surface area contributed by atoms with E-state index in [2.05, 4.69) is 5.32 Å². The molecule has 0 spiro atoms. The zero-order valence-electron chi connectivity index (χ0n) is 10.6. The van der Waals surface area contributed by atoms with E-state index in [4.69, 9.17) is 4.74 Å². The predicted octanol–water partition coefficient (Wildman–Crippen LogP) is 2.24. The third-order valence-electron chi connectivity index (χ3n) is 2.75. The highest BCUT2D eigenvalue weighted by Crippen LogP contribution is 2.33. The van der Waals surface area contributed by atoms with E-state index in [0.717, 1.165) is 6.07 Å². The molecule has 0 aliphatic carbocycles. The Balaban J connectivity index is 2.18. The Morgan fingerprint density at radius 3 is 2.71 bits per heavy atom. The van der Waals surface area contributed by atoms with Crippen molar-refractivity contribution in [2.24, 2.45) is 0 Å². The lowest BCUT2D eigenvalue weighted by Crippen LogP contribution is -2.41. The number of amides is 2. The van der Waals surface area contributed by atoms with Gasteiger partial charge in [-0.2, -0.15) is 8.78 Å². The topological polar surface area (TPSA) is 67.4 Å². The van der Waals surface area contributed by atoms with Gasteiger partial charge in [0.25, 0.3) is 5.91 Å². The van der Waals surface area contributed by atoms with Gasteiger partial charge in [-0.1, -0.05) is 0 Å². The fourth-order valence-corrected chi connectivity index (χ4v) is 1.60. The van der Waals surface area contributed by atoms with Crippen molar-refractivity contribution in [3.8, 4) is 5.75 Å². The minimum atomic E-state index is -4.80. The van der Waals surface area contributed by atoms with Gasteiger partial charge < -0.3 is 15.4 Å². The first-order valence-corrected chi connectivity index (χ1v) is 5.81. The van der Waals surface area contributed by atoms with Gasteiger partial charge in [0, 0.05) is 5.69 Å². The minimum Gasteiger partial charge on any atom is -0.479 e. The highest BCUT2D eigenvalue weighted by Gasteiger charge is 2.49. The first-order chi connectivity index (χ1) is 9.71. The first kappa shape index (κ1) is 15.1. The van der Waals surface area contributed by atoms with Gasteiger partial charge in [0.05, 0.1) is 5.69 Å². The summed E-state index contributed by atoms with van der Waals surface area (Å²) in [7, 11) is 0. The molecule has 9 heteroatoms. The number of carbonyl (C=O) groups is 2. The van der Waals surface area contributed by atoms with Crippen molar-refractivity contribution in [2.75, 3.05) is 10.6 Å². The number of alkyl halides is 4. The van der Waals surface area contributed by atoms with Crippen molar-refractivity contribution < 1.29 is 31.9 Å². The maximum absolute atomic E-state index is 12.8. The van der Waals surface area contributed by atoms with Crippen LogP contribution in [0.5, 0.6) is 5.75 Å². The van der Waals surface area contributed by atoms with Crippen molar-refractivity contribution in [3.05, 3.63) is 18.2 Å². The molecule has 2 rings (SSSR count). The van der Waals surface area contributed by atoms with Crippen LogP contribution in [0.2, 0.25) is 0 Å². The van der Waals surface area contributed by atoms with Crippen molar-refractivity contribution in [1.29, 1.82) is 0 Å². The molecule has 2 N–H and O–H groups in total. The molecule has 21 heavy (non-hydrogen) atoms. The molecular weight excluding hydrogens is 296 g/mol. The maximum atomic E-state index is 12.8. The molecule has 0 fully saturated rings. The number of hydrogen-bond donors (Lipinski definition) is 2. The summed E-state index contributed by atoms with van der Waals surface area (Å²) >= 11 is 0. The van der Waals surface area contributed by atoms with Gasteiger partial charge in [-0.25, -0.2) is 8.78 Å². The summed E-state index contributed by atoms with van der Waals surface area (Å²) in [5.41, 5.74) is -0.0196. The fraction of sp³-hybridized carbons (Fsp3) is 0.333. The Morgan fingerprint density at radius 2 is 2.10 bits per heavy atom. The molecule has 1 aromatic carbocycles. The summed E-state index contributed by atoms with van der Waals surface area (Å²) in [5.74, 6) is -7.11. The number of ether oxygens (including phenoxy) is 1. The lowest BCUT2D eigenvalue weighted by Gasteiger charge is -2.24. The fourth-order valence-electron chi connectivity index (χ4n) is 1.60. The monoisotopic (exact) mass is 306 g/mol. The molecule has 0 aromatic heterocycles. The molecular formula is C12H10F4N2O3. The highest BCUT2D eigenvalue weighted by molar-refractivity contribution is 6.00. The van der Waals surface area contributed by atoms with Gasteiger partial charge in [-0.3, -0.25) is 9.59 Å². The van der Waals surface area contributed by atoms with Gasteiger partial charge in [0.15, 0.2) is 6.10 Å². The van der Waals surface area contributed by atoms with Crippen LogP contribution in [0, 0.1) is 0 Å². The summed E-state index contributed by atoms with van der Waals surface area (Å²) in [6.45, 7) is 1.51. The van der Waals surface area contributed by atoms with Crippen molar-refractivity contribution >= 4 is 23.2 Å². The molecule has 1 aliphatic rings. The zero-order chi connectivity index (χ0) is 15.8. The van der Waals surface area contributed by atoms with E-state index >= 15 is 0 Å². The normalized spacial score (nSPS) is 17.8. The SMILES string of the molecule is CC1Oc2ccc(NC(=O)C(F)(F)C(F)F)cc2NC1=O. The number of anilines is 2. The Labute approximate surface area is 116 Å². The Bertz CT molecular complexity index is 592. The summed E-state index contributed by atoms with van der Waals surface area (Å²) in [6, 6.07) is 3.66. The van der Waals surface area contributed by atoms with Crippen LogP contribution in [0.4, 0.5) is 28.9 Å². The second kappa shape index (κ2) is 5.23. The quantitative estimate of drug-likeness (QED) is 0.842. The van der Waals surface area contributed by atoms with E-state index in [1.807, 2.05) is 0 Å². The number of fused-ring (bicyclic) bond motifs is 1. The van der Waals surface area contributed by atoms with Crippen LogP contribution in [0.3, 0.4) is 0 Å². The third-order valence-corrected chi connectivity index (χ3v) is 2.75. The minimum absolute atomic E-state index is 0.149. The van der Waals surface area contributed by atoms with E-state index in [1.165, 1.54) is 19.1 Å². The summed E-state index contributed by atoms with van der Waals surface area (Å²) in [4.78, 5) is 22.5. The highest BCUT2D eigenvalue weighted by atomic mass is 19.3. The second-order valence-electron chi connectivity index (χ2n) is 4.34. The van der Waals surface area contributed by atoms with E-state index < -0.39 is 30.3 Å². The molecule has 1 aliphatic heterocycles. The molecule has 2 amide bonds. The number of rotatable bonds is 3. The predicted molar refractivity (Wildman–Crippen MR) is 64.7 cm³/mol. The van der Waals surface area contributed by atoms with Crippen LogP contribution < -0.4 is 15.4 Å². The number of hydrogen-bond acceptors (Lipinski definition) is 3. The van der Waals surface area contributed by atoms with E-state index in [9.17, 15) is 27.2 Å². The molecule has 1 unspecified atom stereocenters. The van der Waals surface area contributed by atoms with Crippen molar-refractivity contribution in [2.45, 2.75) is 25.4 Å². The molecule has 114 valence electrons. The van der Waals surface area contributed by atoms with Gasteiger partial charge in [-0.05, 0) is 25.1 Å². The van der Waals surface area contributed by atoms with E-state index in [-0.39, 0.29) is 17.1 Å². The average Bonchev–Trinajstić information content (AvgIpc) is 2.40. The molecule has 0 bridgehead atoms. The van der Waals surface area contributed by atoms with Crippen LogP contribution in [-0.2, 0) is 9.59 Å². The number of nitrogens with one attached hydrogen (secondary N) is 2. The largest absolute Gasteiger partial charge is 0.479 e. The van der Waals surface area contributed by atoms with Crippen molar-refractivity contribution in [1.82, 2.24) is 0 Å². The molecule has 1 aromatic rings. The molecule has 0 saturated heterocycles. The van der Waals surface area contributed by atoms with Gasteiger partial charge in [-0.15, -0.1) is 0 Å². The van der Waals surface area contributed by atoms with Crippen LogP contribution in [0.25, 0.3) is 0 Å². The standard InChI is InChI=1S/C12H10F4N2O3/c1-5-9(19)18-7-4-6(2-3-8(7)21-5)17-11(20)12(15,16)10(13)14/h2-5,10H,1H3,(H,17,20)(H,18,19). The van der Waals surface area contributed by atoms with E-state index in [0.29, 0.717) is 0 Å². The number of halogens is 4. The Hall–Kier alpha value is -2.32. The molecule has 5 nitrogen and oxygen atoms in total. The van der Waals surface area contributed by atoms with Crippen LogP contribution in [-0.4, -0.2) is 30.3 Å². The van der Waals surface area contributed by atoms with Crippen LogP contribution >= 0.6 is 0 Å². The van der Waals surface area contributed by atoms with Gasteiger partial charge in [0.1, 0.15) is 5.75 Å². The molecule has 1 atom stereocenters. The van der Waals surface area contributed by atoms with Gasteiger partial charge >= 0.3 is 18.3 Å². The van der Waals surface area contributed by atoms with Crippen LogP contribution in [0.15, 0.2) is 18.2 Å².